The van der Waals surface area contributed by atoms with Gasteiger partial charge in [0.15, 0.2) is 5.65 Å². The summed E-state index contributed by atoms with van der Waals surface area (Å²) in [5.41, 5.74) is 8.73. The van der Waals surface area contributed by atoms with E-state index in [2.05, 4.69) is 20.3 Å². The zero-order chi connectivity index (χ0) is 22.8. The van der Waals surface area contributed by atoms with E-state index in [1.807, 2.05) is 0 Å². The lowest BCUT2D eigenvalue weighted by atomic mass is 10.1. The Morgan fingerprint density at radius 1 is 0.879 bits per heavy atom. The van der Waals surface area contributed by atoms with Crippen LogP contribution in [0, 0.1) is 11.6 Å². The van der Waals surface area contributed by atoms with Gasteiger partial charge in [-0.2, -0.15) is 4.98 Å². The van der Waals surface area contributed by atoms with E-state index in [0.717, 1.165) is 19.6 Å². The summed E-state index contributed by atoms with van der Waals surface area (Å²) in [4.78, 5) is 11.7. The molecule has 3 heterocycles. The van der Waals surface area contributed by atoms with Crippen LogP contribution in [0.15, 0.2) is 48.5 Å². The van der Waals surface area contributed by atoms with Gasteiger partial charge in [0.2, 0.25) is 5.95 Å². The smallest absolute Gasteiger partial charge is 0.225 e. The van der Waals surface area contributed by atoms with Crippen molar-refractivity contribution < 1.29 is 8.78 Å². The predicted molar refractivity (Wildman–Crippen MR) is 125 cm³/mol. The second-order valence-corrected chi connectivity index (χ2v) is 8.20. The van der Waals surface area contributed by atoms with Crippen molar-refractivity contribution >= 4 is 22.8 Å². The standard InChI is InChI=1S/C24H25F2N7/c25-17-6-4-16(5-7-17)21-20-22(27)33(19-10-8-18(26)9-11-19)31-23(20)30-24(29-21)28-12-15-32-13-2-1-3-14-32/h4-11H,1-3,12-15,27H2,(H,28,30,31). The van der Waals surface area contributed by atoms with Gasteiger partial charge in [0.05, 0.1) is 16.8 Å². The topological polar surface area (TPSA) is 84.9 Å². The lowest BCUT2D eigenvalue weighted by molar-refractivity contribution is 0.237. The molecule has 9 heteroatoms. The number of aromatic nitrogens is 4. The highest BCUT2D eigenvalue weighted by Gasteiger charge is 2.19. The number of nitrogens with two attached hydrogens (primary N) is 1. The summed E-state index contributed by atoms with van der Waals surface area (Å²) in [5, 5.41) is 8.43. The molecule has 0 atom stereocenters. The molecule has 170 valence electrons. The van der Waals surface area contributed by atoms with E-state index in [4.69, 9.17) is 10.7 Å². The summed E-state index contributed by atoms with van der Waals surface area (Å²) in [7, 11) is 0. The molecule has 0 aliphatic carbocycles. The fourth-order valence-electron chi connectivity index (χ4n) is 4.20. The van der Waals surface area contributed by atoms with Crippen molar-refractivity contribution in [3.8, 4) is 16.9 Å². The van der Waals surface area contributed by atoms with Gasteiger partial charge in [-0.1, -0.05) is 6.42 Å². The third-order valence-corrected chi connectivity index (χ3v) is 5.92. The number of nitrogen functional groups attached to an aromatic ring is 1. The Labute approximate surface area is 190 Å². The lowest BCUT2D eigenvalue weighted by Gasteiger charge is -2.26. The maximum Gasteiger partial charge on any atom is 0.225 e. The van der Waals surface area contributed by atoms with Crippen molar-refractivity contribution in [3.05, 3.63) is 60.2 Å². The quantitative estimate of drug-likeness (QED) is 0.458. The molecule has 1 aliphatic rings. The lowest BCUT2D eigenvalue weighted by Crippen LogP contribution is -2.33. The first-order valence-corrected chi connectivity index (χ1v) is 11.1. The minimum absolute atomic E-state index is 0.329. The molecule has 0 saturated carbocycles. The van der Waals surface area contributed by atoms with E-state index in [-0.39, 0.29) is 11.6 Å². The van der Waals surface area contributed by atoms with Crippen LogP contribution in [0.4, 0.5) is 20.5 Å². The fourth-order valence-corrected chi connectivity index (χ4v) is 4.20. The van der Waals surface area contributed by atoms with Crippen LogP contribution in [-0.4, -0.2) is 50.8 Å². The van der Waals surface area contributed by atoms with Crippen LogP contribution in [-0.2, 0) is 0 Å². The molecule has 3 N–H and O–H groups in total. The largest absolute Gasteiger partial charge is 0.383 e. The second-order valence-electron chi connectivity index (χ2n) is 8.20. The second kappa shape index (κ2) is 9.11. The minimum atomic E-state index is -0.346. The van der Waals surface area contributed by atoms with Gasteiger partial charge in [-0.25, -0.2) is 18.4 Å². The van der Waals surface area contributed by atoms with Gasteiger partial charge in [-0.15, -0.1) is 5.10 Å². The predicted octanol–water partition coefficient (Wildman–Crippen LogP) is 4.24. The first kappa shape index (κ1) is 21.3. The highest BCUT2D eigenvalue weighted by Crippen LogP contribution is 2.33. The molecule has 0 unspecified atom stereocenters. The molecule has 0 spiro atoms. The Morgan fingerprint density at radius 3 is 2.24 bits per heavy atom. The van der Waals surface area contributed by atoms with E-state index < -0.39 is 0 Å². The molecule has 4 aromatic rings. The van der Waals surface area contributed by atoms with Crippen LogP contribution >= 0.6 is 0 Å². The van der Waals surface area contributed by atoms with Crippen molar-refractivity contribution in [2.75, 3.05) is 37.2 Å². The summed E-state index contributed by atoms with van der Waals surface area (Å²) in [5.74, 6) is 0.0818. The van der Waals surface area contributed by atoms with Gasteiger partial charge in [-0.05, 0) is 74.5 Å². The molecule has 1 saturated heterocycles. The van der Waals surface area contributed by atoms with E-state index in [1.54, 1.807) is 24.3 Å². The molecule has 0 radical (unpaired) electrons. The molecule has 5 rings (SSSR count). The third-order valence-electron chi connectivity index (χ3n) is 5.92. The van der Waals surface area contributed by atoms with Gasteiger partial charge in [0.1, 0.15) is 17.5 Å². The summed E-state index contributed by atoms with van der Waals surface area (Å²) in [6, 6.07) is 12.0. The molecule has 1 fully saturated rings. The Kier molecular flexibility index (Phi) is 5.87. The molecule has 0 amide bonds. The van der Waals surface area contributed by atoms with Crippen molar-refractivity contribution in [1.82, 2.24) is 24.6 Å². The van der Waals surface area contributed by atoms with E-state index in [9.17, 15) is 8.78 Å². The molecule has 7 nitrogen and oxygen atoms in total. The normalized spacial score (nSPS) is 14.6. The molecular formula is C24H25F2N7. The van der Waals surface area contributed by atoms with Crippen LogP contribution in [0.5, 0.6) is 0 Å². The molecule has 2 aromatic carbocycles. The Balaban J connectivity index is 1.53. The highest BCUT2D eigenvalue weighted by atomic mass is 19.1. The van der Waals surface area contributed by atoms with Crippen molar-refractivity contribution in [2.24, 2.45) is 0 Å². The van der Waals surface area contributed by atoms with Gasteiger partial charge in [0, 0.05) is 18.7 Å². The van der Waals surface area contributed by atoms with Crippen molar-refractivity contribution in [1.29, 1.82) is 0 Å². The number of fused-ring (bicyclic) bond motifs is 1. The molecule has 1 aliphatic heterocycles. The summed E-state index contributed by atoms with van der Waals surface area (Å²) in [6.07, 6.45) is 3.76. The SMILES string of the molecule is Nc1c2c(-c3ccc(F)cc3)nc(NCCN3CCCCC3)nc2nn1-c1ccc(F)cc1. The van der Waals surface area contributed by atoms with Crippen LogP contribution < -0.4 is 11.1 Å². The van der Waals surface area contributed by atoms with Crippen LogP contribution in [0.3, 0.4) is 0 Å². The number of rotatable bonds is 6. The average Bonchev–Trinajstić information content (AvgIpc) is 3.16. The highest BCUT2D eigenvalue weighted by molar-refractivity contribution is 5.99. The summed E-state index contributed by atoms with van der Waals surface area (Å²) < 4.78 is 28.5. The number of hydrogen-bond donors (Lipinski definition) is 2. The van der Waals surface area contributed by atoms with Crippen molar-refractivity contribution in [2.45, 2.75) is 19.3 Å². The number of piperidine rings is 1. The van der Waals surface area contributed by atoms with Gasteiger partial charge >= 0.3 is 0 Å². The Morgan fingerprint density at radius 2 is 1.55 bits per heavy atom. The van der Waals surface area contributed by atoms with Gasteiger partial charge in [0.25, 0.3) is 0 Å². The first-order valence-electron chi connectivity index (χ1n) is 11.1. The minimum Gasteiger partial charge on any atom is -0.383 e. The molecular weight excluding hydrogens is 424 g/mol. The first-order chi connectivity index (χ1) is 16.1. The number of benzene rings is 2. The third kappa shape index (κ3) is 4.49. The van der Waals surface area contributed by atoms with Crippen molar-refractivity contribution in [3.63, 3.8) is 0 Å². The monoisotopic (exact) mass is 449 g/mol. The van der Waals surface area contributed by atoms with E-state index in [1.165, 1.54) is 48.2 Å². The summed E-state index contributed by atoms with van der Waals surface area (Å²) >= 11 is 0. The number of hydrogen-bond acceptors (Lipinski definition) is 6. The van der Waals surface area contributed by atoms with E-state index in [0.29, 0.717) is 46.3 Å². The average molecular weight is 450 g/mol. The Hall–Kier alpha value is -3.59. The maximum absolute atomic E-state index is 13.6. The summed E-state index contributed by atoms with van der Waals surface area (Å²) in [6.45, 7) is 3.82. The zero-order valence-corrected chi connectivity index (χ0v) is 18.1. The molecule has 2 aromatic heterocycles. The van der Waals surface area contributed by atoms with Crippen LogP contribution in [0.2, 0.25) is 0 Å². The number of halogens is 2. The van der Waals surface area contributed by atoms with Gasteiger partial charge in [-0.3, -0.25) is 0 Å². The number of likely N-dealkylation sites (tertiary alicyclic amines) is 1. The van der Waals surface area contributed by atoms with E-state index >= 15 is 0 Å². The molecule has 33 heavy (non-hydrogen) atoms. The fraction of sp³-hybridized carbons (Fsp3) is 0.292. The zero-order valence-electron chi connectivity index (χ0n) is 18.1. The number of nitrogens with zero attached hydrogens (tertiary/aromatic N) is 5. The maximum atomic E-state index is 13.6. The van der Waals surface area contributed by atoms with Crippen LogP contribution in [0.1, 0.15) is 19.3 Å². The Bertz CT molecular complexity index is 1250. The molecule has 0 bridgehead atoms. The number of nitrogens with one attached hydrogen (secondary N) is 1. The van der Waals surface area contributed by atoms with Gasteiger partial charge < -0.3 is 16.0 Å². The van der Waals surface area contributed by atoms with Crippen LogP contribution in [0.25, 0.3) is 28.0 Å². The number of anilines is 2.